The minimum absolute atomic E-state index is 0.0622. The Bertz CT molecular complexity index is 1130. The Morgan fingerprint density at radius 2 is 1.94 bits per heavy atom. The lowest BCUT2D eigenvalue weighted by atomic mass is 9.81. The molecule has 2 fully saturated rings. The average Bonchev–Trinajstić information content (AvgIpc) is 3.36. The van der Waals surface area contributed by atoms with Crippen LogP contribution in [0.5, 0.6) is 0 Å². The molecule has 1 amide bonds. The van der Waals surface area contributed by atoms with E-state index in [4.69, 9.17) is 4.74 Å². The van der Waals surface area contributed by atoms with Crippen LogP contribution in [0.3, 0.4) is 0 Å². The van der Waals surface area contributed by atoms with Crippen molar-refractivity contribution in [2.45, 2.75) is 50.9 Å². The SMILES string of the molecule is CC(C)(C)OC(=O)N1CC[C@@H](O)C2C(C1)N(c1ncnc3nc[nH]c13)C[C@H]2c1ccccc1. The summed E-state index contributed by atoms with van der Waals surface area (Å²) < 4.78 is 5.67. The Balaban J connectivity index is 1.55. The lowest BCUT2D eigenvalue weighted by Gasteiger charge is -2.33. The first kappa shape index (κ1) is 21.6. The van der Waals surface area contributed by atoms with E-state index in [1.807, 2.05) is 39.0 Å². The van der Waals surface area contributed by atoms with Gasteiger partial charge in [0.2, 0.25) is 0 Å². The third-order valence-corrected chi connectivity index (χ3v) is 6.60. The highest BCUT2D eigenvalue weighted by Crippen LogP contribution is 2.44. The first-order valence-corrected chi connectivity index (χ1v) is 11.4. The molecule has 2 aliphatic heterocycles. The van der Waals surface area contributed by atoms with Crippen molar-refractivity contribution < 1.29 is 14.6 Å². The summed E-state index contributed by atoms with van der Waals surface area (Å²) in [4.78, 5) is 33.2. The van der Waals surface area contributed by atoms with Crippen molar-refractivity contribution in [2.75, 3.05) is 24.5 Å². The molecule has 2 unspecified atom stereocenters. The Morgan fingerprint density at radius 1 is 1.15 bits per heavy atom. The van der Waals surface area contributed by atoms with E-state index < -0.39 is 11.7 Å². The molecule has 0 spiro atoms. The van der Waals surface area contributed by atoms with E-state index in [2.05, 4.69) is 37.0 Å². The number of benzene rings is 1. The fraction of sp³-hybridized carbons (Fsp3) is 0.500. The van der Waals surface area contributed by atoms with Crippen LogP contribution >= 0.6 is 0 Å². The molecule has 9 nitrogen and oxygen atoms in total. The first-order valence-electron chi connectivity index (χ1n) is 11.4. The van der Waals surface area contributed by atoms with E-state index in [1.54, 1.807) is 11.2 Å². The summed E-state index contributed by atoms with van der Waals surface area (Å²) in [6.07, 6.45) is 2.72. The summed E-state index contributed by atoms with van der Waals surface area (Å²) in [5.41, 5.74) is 1.94. The van der Waals surface area contributed by atoms with Crippen LogP contribution in [0, 0.1) is 5.92 Å². The number of ether oxygens (including phenoxy) is 1. The molecule has 0 bridgehead atoms. The monoisotopic (exact) mass is 450 g/mol. The second-order valence-electron chi connectivity index (χ2n) is 9.90. The molecule has 0 aliphatic carbocycles. The van der Waals surface area contributed by atoms with Crippen molar-refractivity contribution >= 4 is 23.1 Å². The molecule has 0 radical (unpaired) electrons. The molecule has 4 heterocycles. The topological polar surface area (TPSA) is 107 Å². The van der Waals surface area contributed by atoms with Gasteiger partial charge in [-0.05, 0) is 32.8 Å². The Morgan fingerprint density at radius 3 is 2.70 bits per heavy atom. The van der Waals surface area contributed by atoms with E-state index in [9.17, 15) is 9.90 Å². The van der Waals surface area contributed by atoms with Crippen LogP contribution in [0.2, 0.25) is 0 Å². The molecule has 4 atom stereocenters. The van der Waals surface area contributed by atoms with Crippen LogP contribution in [0.1, 0.15) is 38.7 Å². The maximum atomic E-state index is 13.0. The number of aromatic amines is 1. The molecule has 2 saturated heterocycles. The van der Waals surface area contributed by atoms with Crippen LogP contribution in [0.4, 0.5) is 10.6 Å². The van der Waals surface area contributed by atoms with Gasteiger partial charge in [0.15, 0.2) is 11.5 Å². The molecule has 0 saturated carbocycles. The van der Waals surface area contributed by atoms with E-state index in [1.165, 1.54) is 11.9 Å². The van der Waals surface area contributed by atoms with Crippen LogP contribution in [0.25, 0.3) is 11.2 Å². The highest BCUT2D eigenvalue weighted by atomic mass is 16.6. The molecular formula is C24H30N6O3. The van der Waals surface area contributed by atoms with Gasteiger partial charge in [-0.1, -0.05) is 30.3 Å². The number of imidazole rings is 1. The Hall–Kier alpha value is -3.20. The average molecular weight is 451 g/mol. The van der Waals surface area contributed by atoms with Crippen molar-refractivity contribution in [1.82, 2.24) is 24.8 Å². The van der Waals surface area contributed by atoms with Crippen LogP contribution < -0.4 is 4.90 Å². The Kier molecular flexibility index (Phi) is 5.44. The van der Waals surface area contributed by atoms with Gasteiger partial charge in [0.25, 0.3) is 0 Å². The zero-order valence-corrected chi connectivity index (χ0v) is 19.2. The predicted molar refractivity (Wildman–Crippen MR) is 124 cm³/mol. The molecule has 3 aromatic rings. The summed E-state index contributed by atoms with van der Waals surface area (Å²) in [7, 11) is 0. The standard InChI is InChI=1S/C24H30N6O3/c1-24(2,3)33-23(32)29-10-9-18(31)19-16(15-7-5-4-6-8-15)11-30(17(19)12-29)22-20-21(26-13-25-20)27-14-28-22/h4-8,13-14,16-19,31H,9-12H2,1-3H3,(H,25,26,27,28)/t16-,17?,18+,19?/m0/s1. The number of H-pyrrole nitrogens is 1. The van der Waals surface area contributed by atoms with E-state index in [-0.39, 0.29) is 24.0 Å². The number of rotatable bonds is 2. The molecule has 2 aliphatic rings. The Labute approximate surface area is 192 Å². The number of nitrogens with one attached hydrogen (secondary N) is 1. The summed E-state index contributed by atoms with van der Waals surface area (Å²) in [5.74, 6) is 0.773. The minimum Gasteiger partial charge on any atom is -0.444 e. The molecule has 174 valence electrons. The summed E-state index contributed by atoms with van der Waals surface area (Å²) in [6.45, 7) is 7.15. The number of carbonyl (C=O) groups excluding carboxylic acids is 1. The number of nitrogens with zero attached hydrogens (tertiary/aromatic N) is 5. The maximum absolute atomic E-state index is 13.0. The van der Waals surface area contributed by atoms with Crippen LogP contribution in [-0.2, 0) is 4.74 Å². The number of amides is 1. The normalized spacial score (nSPS) is 25.7. The van der Waals surface area contributed by atoms with Crippen LogP contribution in [0.15, 0.2) is 43.0 Å². The fourth-order valence-corrected chi connectivity index (χ4v) is 5.22. The fourth-order valence-electron chi connectivity index (χ4n) is 5.22. The second kappa shape index (κ2) is 8.30. The van der Waals surface area contributed by atoms with Gasteiger partial charge in [-0.2, -0.15) is 0 Å². The number of aromatic nitrogens is 4. The molecule has 2 N–H and O–H groups in total. The van der Waals surface area contributed by atoms with Gasteiger partial charge in [-0.3, -0.25) is 0 Å². The first-order chi connectivity index (χ1) is 15.8. The number of likely N-dealkylation sites (tertiary alicyclic amines) is 1. The zero-order valence-electron chi connectivity index (χ0n) is 19.2. The van der Waals surface area contributed by atoms with Gasteiger partial charge in [0, 0.05) is 31.5 Å². The van der Waals surface area contributed by atoms with Gasteiger partial charge in [0.1, 0.15) is 17.4 Å². The third kappa shape index (κ3) is 4.13. The highest BCUT2D eigenvalue weighted by molar-refractivity contribution is 5.83. The third-order valence-electron chi connectivity index (χ3n) is 6.60. The predicted octanol–water partition coefficient (Wildman–Crippen LogP) is 2.94. The maximum Gasteiger partial charge on any atom is 0.410 e. The number of carbonyl (C=O) groups is 1. The minimum atomic E-state index is -0.585. The number of aliphatic hydroxyl groups is 1. The van der Waals surface area contributed by atoms with Crippen molar-refractivity contribution in [3.63, 3.8) is 0 Å². The van der Waals surface area contributed by atoms with E-state index in [0.717, 1.165) is 11.3 Å². The summed E-state index contributed by atoms with van der Waals surface area (Å²) in [5, 5.41) is 11.3. The van der Waals surface area contributed by atoms with Gasteiger partial charge in [-0.15, -0.1) is 0 Å². The van der Waals surface area contributed by atoms with Gasteiger partial charge >= 0.3 is 6.09 Å². The van der Waals surface area contributed by atoms with Crippen LogP contribution in [-0.4, -0.2) is 73.4 Å². The number of hydrogen-bond acceptors (Lipinski definition) is 7. The largest absolute Gasteiger partial charge is 0.444 e. The quantitative estimate of drug-likeness (QED) is 0.618. The van der Waals surface area contributed by atoms with Gasteiger partial charge in [0.05, 0.1) is 18.5 Å². The van der Waals surface area contributed by atoms with Crippen molar-refractivity contribution in [3.8, 4) is 0 Å². The van der Waals surface area contributed by atoms with Crippen molar-refractivity contribution in [2.24, 2.45) is 5.92 Å². The second-order valence-corrected chi connectivity index (χ2v) is 9.90. The smallest absolute Gasteiger partial charge is 0.410 e. The number of fused-ring (bicyclic) bond motifs is 2. The molecule has 33 heavy (non-hydrogen) atoms. The zero-order chi connectivity index (χ0) is 23.2. The molecule has 1 aromatic carbocycles. The molecule has 9 heteroatoms. The number of anilines is 1. The van der Waals surface area contributed by atoms with Crippen molar-refractivity contribution in [1.29, 1.82) is 0 Å². The van der Waals surface area contributed by atoms with E-state index in [0.29, 0.717) is 31.7 Å². The highest BCUT2D eigenvalue weighted by Gasteiger charge is 2.49. The van der Waals surface area contributed by atoms with Gasteiger partial charge in [-0.25, -0.2) is 19.7 Å². The number of aliphatic hydroxyl groups excluding tert-OH is 1. The molecular weight excluding hydrogens is 420 g/mol. The summed E-state index contributed by atoms with van der Waals surface area (Å²) in [6, 6.07) is 10.1. The summed E-state index contributed by atoms with van der Waals surface area (Å²) >= 11 is 0. The van der Waals surface area contributed by atoms with E-state index >= 15 is 0 Å². The lowest BCUT2D eigenvalue weighted by molar-refractivity contribution is 0.0244. The number of hydrogen-bond donors (Lipinski definition) is 2. The molecule has 5 rings (SSSR count). The lowest BCUT2D eigenvalue weighted by Crippen LogP contribution is -2.46. The molecule has 2 aromatic heterocycles. The van der Waals surface area contributed by atoms with Gasteiger partial charge < -0.3 is 24.6 Å². The van der Waals surface area contributed by atoms with Crippen molar-refractivity contribution in [3.05, 3.63) is 48.5 Å².